The zero-order chi connectivity index (χ0) is 12.8. The molecule has 5 nitrogen and oxygen atoms in total. The zero-order valence-electron chi connectivity index (χ0n) is 10.7. The molecule has 1 aromatic rings. The van der Waals surface area contributed by atoms with Crippen molar-refractivity contribution in [3.63, 3.8) is 0 Å². The van der Waals surface area contributed by atoms with E-state index in [2.05, 4.69) is 15.0 Å². The summed E-state index contributed by atoms with van der Waals surface area (Å²) in [7, 11) is 1.37. The van der Waals surface area contributed by atoms with Crippen molar-refractivity contribution in [1.82, 2.24) is 10.3 Å². The van der Waals surface area contributed by atoms with E-state index < -0.39 is 0 Å². The summed E-state index contributed by atoms with van der Waals surface area (Å²) in [6.07, 6.45) is 2.65. The quantitative estimate of drug-likeness (QED) is 0.541. The molecule has 2 rings (SSSR count). The summed E-state index contributed by atoms with van der Waals surface area (Å²) < 4.78 is 10.1. The zero-order valence-corrected chi connectivity index (χ0v) is 10.7. The first-order valence-electron chi connectivity index (χ1n) is 6.34. The van der Waals surface area contributed by atoms with Crippen LogP contribution in [0.2, 0.25) is 0 Å². The highest BCUT2D eigenvalue weighted by atomic mass is 16.5. The Kier molecular flexibility index (Phi) is 4.78. The van der Waals surface area contributed by atoms with E-state index in [1.165, 1.54) is 20.0 Å². The normalized spacial score (nSPS) is 14.7. The summed E-state index contributed by atoms with van der Waals surface area (Å²) in [5, 5.41) is 3.26. The van der Waals surface area contributed by atoms with Gasteiger partial charge in [0.15, 0.2) is 0 Å². The standard InChI is InChI=1S/C13H20N2O3/c1-17-13(16)12-5-4-11(15-12)8-14-6-7-18-9-10-2-3-10/h4-5,10,14-15H,2-3,6-9H2,1H3. The molecule has 0 spiro atoms. The summed E-state index contributed by atoms with van der Waals surface area (Å²) >= 11 is 0. The van der Waals surface area contributed by atoms with Crippen molar-refractivity contribution < 1.29 is 14.3 Å². The number of H-pyrrole nitrogens is 1. The van der Waals surface area contributed by atoms with Gasteiger partial charge >= 0.3 is 5.97 Å². The van der Waals surface area contributed by atoms with Crippen LogP contribution in [0.4, 0.5) is 0 Å². The highest BCUT2D eigenvalue weighted by molar-refractivity contribution is 5.87. The fourth-order valence-corrected chi connectivity index (χ4v) is 1.67. The summed E-state index contributed by atoms with van der Waals surface area (Å²) in [4.78, 5) is 14.2. The molecule has 5 heteroatoms. The van der Waals surface area contributed by atoms with Crippen LogP contribution in [0.5, 0.6) is 0 Å². The average molecular weight is 252 g/mol. The molecule has 0 aromatic carbocycles. The molecule has 0 saturated heterocycles. The van der Waals surface area contributed by atoms with E-state index in [0.717, 1.165) is 31.4 Å². The Hall–Kier alpha value is -1.33. The largest absolute Gasteiger partial charge is 0.464 e. The molecule has 0 aliphatic heterocycles. The van der Waals surface area contributed by atoms with E-state index in [9.17, 15) is 4.79 Å². The van der Waals surface area contributed by atoms with Crippen LogP contribution < -0.4 is 5.32 Å². The van der Waals surface area contributed by atoms with Crippen molar-refractivity contribution in [2.75, 3.05) is 26.9 Å². The first-order chi connectivity index (χ1) is 8.79. The van der Waals surface area contributed by atoms with Crippen molar-refractivity contribution in [1.29, 1.82) is 0 Å². The molecule has 1 fully saturated rings. The van der Waals surface area contributed by atoms with Gasteiger partial charge < -0.3 is 19.8 Å². The van der Waals surface area contributed by atoms with Crippen molar-refractivity contribution in [3.05, 3.63) is 23.5 Å². The van der Waals surface area contributed by atoms with Gasteiger partial charge in [0.05, 0.1) is 13.7 Å². The van der Waals surface area contributed by atoms with Crippen LogP contribution in [-0.2, 0) is 16.0 Å². The lowest BCUT2D eigenvalue weighted by molar-refractivity contribution is 0.0594. The lowest BCUT2D eigenvalue weighted by Crippen LogP contribution is -2.20. The van der Waals surface area contributed by atoms with E-state index in [1.807, 2.05) is 6.07 Å². The van der Waals surface area contributed by atoms with E-state index >= 15 is 0 Å². The predicted molar refractivity (Wildman–Crippen MR) is 67.4 cm³/mol. The van der Waals surface area contributed by atoms with Gasteiger partial charge in [-0.05, 0) is 30.9 Å². The van der Waals surface area contributed by atoms with Gasteiger partial charge in [0.25, 0.3) is 0 Å². The fourth-order valence-electron chi connectivity index (χ4n) is 1.67. The number of hydrogen-bond donors (Lipinski definition) is 2. The number of methoxy groups -OCH3 is 1. The van der Waals surface area contributed by atoms with Crippen LogP contribution in [-0.4, -0.2) is 37.8 Å². The summed E-state index contributed by atoms with van der Waals surface area (Å²) in [6, 6.07) is 3.61. The maximum atomic E-state index is 11.2. The molecule has 1 aromatic heterocycles. The van der Waals surface area contributed by atoms with Crippen molar-refractivity contribution in [2.45, 2.75) is 19.4 Å². The van der Waals surface area contributed by atoms with Crippen LogP contribution in [0.15, 0.2) is 12.1 Å². The highest BCUT2D eigenvalue weighted by Crippen LogP contribution is 2.28. The molecule has 0 atom stereocenters. The highest BCUT2D eigenvalue weighted by Gasteiger charge is 2.20. The smallest absolute Gasteiger partial charge is 0.354 e. The SMILES string of the molecule is COC(=O)c1ccc(CNCCOCC2CC2)[nH]1. The molecule has 1 aliphatic carbocycles. The minimum Gasteiger partial charge on any atom is -0.464 e. The van der Waals surface area contributed by atoms with Crippen molar-refractivity contribution in [2.24, 2.45) is 5.92 Å². The molecule has 100 valence electrons. The summed E-state index contributed by atoms with van der Waals surface area (Å²) in [5.74, 6) is 0.477. The third kappa shape index (κ3) is 4.16. The lowest BCUT2D eigenvalue weighted by Gasteiger charge is -2.04. The molecule has 0 amide bonds. The molecule has 1 heterocycles. The molecule has 1 saturated carbocycles. The molecule has 18 heavy (non-hydrogen) atoms. The van der Waals surface area contributed by atoms with Gasteiger partial charge in [-0.1, -0.05) is 0 Å². The third-order valence-electron chi connectivity index (χ3n) is 2.94. The Labute approximate surface area is 107 Å². The number of aromatic amines is 1. The van der Waals surface area contributed by atoms with E-state index in [1.54, 1.807) is 6.07 Å². The first-order valence-corrected chi connectivity index (χ1v) is 6.34. The van der Waals surface area contributed by atoms with Gasteiger partial charge in [-0.15, -0.1) is 0 Å². The van der Waals surface area contributed by atoms with Gasteiger partial charge in [0.2, 0.25) is 0 Å². The Morgan fingerprint density at radius 1 is 1.50 bits per heavy atom. The van der Waals surface area contributed by atoms with E-state index in [4.69, 9.17) is 4.74 Å². The lowest BCUT2D eigenvalue weighted by atomic mass is 10.4. The fraction of sp³-hybridized carbons (Fsp3) is 0.615. The number of hydrogen-bond acceptors (Lipinski definition) is 4. The minimum absolute atomic E-state index is 0.339. The number of rotatable bonds is 8. The van der Waals surface area contributed by atoms with Crippen LogP contribution in [0.25, 0.3) is 0 Å². The Balaban J connectivity index is 1.57. The Bertz CT molecular complexity index is 385. The minimum atomic E-state index is -0.339. The van der Waals surface area contributed by atoms with E-state index in [0.29, 0.717) is 12.2 Å². The second-order valence-corrected chi connectivity index (χ2v) is 4.58. The van der Waals surface area contributed by atoms with Gasteiger partial charge in [-0.3, -0.25) is 0 Å². The Morgan fingerprint density at radius 2 is 2.33 bits per heavy atom. The number of aromatic nitrogens is 1. The Morgan fingerprint density at radius 3 is 3.06 bits per heavy atom. The topological polar surface area (TPSA) is 63.4 Å². The summed E-state index contributed by atoms with van der Waals surface area (Å²) in [6.45, 7) is 3.15. The molecule has 0 bridgehead atoms. The average Bonchev–Trinajstić information content (AvgIpc) is 3.09. The van der Waals surface area contributed by atoms with Crippen molar-refractivity contribution in [3.8, 4) is 0 Å². The first kappa shape index (κ1) is 13.1. The monoisotopic (exact) mass is 252 g/mol. The maximum absolute atomic E-state index is 11.2. The third-order valence-corrected chi connectivity index (χ3v) is 2.94. The second-order valence-electron chi connectivity index (χ2n) is 4.58. The summed E-state index contributed by atoms with van der Waals surface area (Å²) in [5.41, 5.74) is 1.46. The van der Waals surface area contributed by atoms with Gasteiger partial charge in [0.1, 0.15) is 5.69 Å². The molecular weight excluding hydrogens is 232 g/mol. The molecule has 0 unspecified atom stereocenters. The van der Waals surface area contributed by atoms with Gasteiger partial charge in [0, 0.05) is 25.4 Å². The molecular formula is C13H20N2O3. The number of ether oxygens (including phenoxy) is 2. The molecule has 0 radical (unpaired) electrons. The van der Waals surface area contributed by atoms with E-state index in [-0.39, 0.29) is 5.97 Å². The second kappa shape index (κ2) is 6.56. The number of nitrogens with one attached hydrogen (secondary N) is 2. The predicted octanol–water partition coefficient (Wildman–Crippen LogP) is 1.32. The van der Waals surface area contributed by atoms with Crippen LogP contribution >= 0.6 is 0 Å². The number of esters is 1. The number of carbonyl (C=O) groups is 1. The van der Waals surface area contributed by atoms with Gasteiger partial charge in [-0.2, -0.15) is 0 Å². The van der Waals surface area contributed by atoms with Crippen molar-refractivity contribution >= 4 is 5.97 Å². The van der Waals surface area contributed by atoms with Crippen LogP contribution in [0.1, 0.15) is 29.0 Å². The van der Waals surface area contributed by atoms with Crippen LogP contribution in [0.3, 0.4) is 0 Å². The molecule has 1 aliphatic rings. The number of carbonyl (C=O) groups excluding carboxylic acids is 1. The maximum Gasteiger partial charge on any atom is 0.354 e. The van der Waals surface area contributed by atoms with Gasteiger partial charge in [-0.25, -0.2) is 4.79 Å². The van der Waals surface area contributed by atoms with Crippen LogP contribution in [0, 0.1) is 5.92 Å². The molecule has 2 N–H and O–H groups in total.